The monoisotopic (exact) mass is 520 g/mol. The first-order valence-electron chi connectivity index (χ1n) is 12.9. The first kappa shape index (κ1) is 24.8. The van der Waals surface area contributed by atoms with Crippen LogP contribution in [0.1, 0.15) is 37.0 Å². The molecule has 196 valence electrons. The van der Waals surface area contributed by atoms with Crippen molar-refractivity contribution in [3.8, 4) is 22.4 Å². The third-order valence-corrected chi connectivity index (χ3v) is 7.43. The molecule has 1 amide bonds. The van der Waals surface area contributed by atoms with E-state index in [9.17, 15) is 15.0 Å². The fourth-order valence-corrected chi connectivity index (χ4v) is 4.95. The Kier molecular flexibility index (Phi) is 6.34. The highest BCUT2D eigenvalue weighted by Gasteiger charge is 2.50. The number of fused-ring (bicyclic) bond motifs is 1. The predicted octanol–water partition coefficient (Wildman–Crippen LogP) is 5.72. The van der Waals surface area contributed by atoms with E-state index < -0.39 is 23.9 Å². The number of benzene rings is 3. The van der Waals surface area contributed by atoms with Gasteiger partial charge in [-0.1, -0.05) is 78.9 Å². The summed E-state index contributed by atoms with van der Waals surface area (Å²) in [5, 5.41) is 31.3. The van der Waals surface area contributed by atoms with Gasteiger partial charge in [-0.15, -0.1) is 9.73 Å². The minimum atomic E-state index is -1.34. The third kappa shape index (κ3) is 4.76. The molecule has 3 aromatic carbocycles. The fourth-order valence-electron chi connectivity index (χ4n) is 4.95. The van der Waals surface area contributed by atoms with Crippen LogP contribution in [0, 0.1) is 0 Å². The van der Waals surface area contributed by atoms with E-state index in [1.54, 1.807) is 12.3 Å². The molecule has 1 unspecified atom stereocenters. The fraction of sp³-hybridized carbons (Fsp3) is 0.194. The van der Waals surface area contributed by atoms with Crippen molar-refractivity contribution in [2.75, 3.05) is 5.32 Å². The number of nitrogens with zero attached hydrogens (tertiary/aromatic N) is 3. The van der Waals surface area contributed by atoms with Gasteiger partial charge in [-0.3, -0.25) is 5.32 Å². The van der Waals surface area contributed by atoms with E-state index in [2.05, 4.69) is 15.5 Å². The van der Waals surface area contributed by atoms with E-state index in [-0.39, 0.29) is 0 Å². The Labute approximate surface area is 225 Å². The maximum Gasteiger partial charge on any atom is 0.412 e. The van der Waals surface area contributed by atoms with Gasteiger partial charge in [0.1, 0.15) is 17.3 Å². The number of hydrogen-bond donors (Lipinski definition) is 3. The van der Waals surface area contributed by atoms with Gasteiger partial charge < -0.3 is 14.9 Å². The Morgan fingerprint density at radius 3 is 2.18 bits per heavy atom. The lowest BCUT2D eigenvalue weighted by Crippen LogP contribution is -2.25. The number of rotatable bonds is 7. The van der Waals surface area contributed by atoms with Crippen molar-refractivity contribution in [1.29, 1.82) is 0 Å². The first-order chi connectivity index (χ1) is 18.9. The molecule has 2 heterocycles. The highest BCUT2D eigenvalue weighted by Crippen LogP contribution is 2.50. The number of anilines is 1. The van der Waals surface area contributed by atoms with Gasteiger partial charge in [0.05, 0.1) is 5.69 Å². The number of carbonyl (C=O) groups is 1. The van der Waals surface area contributed by atoms with Crippen LogP contribution in [0.2, 0.25) is 0 Å². The van der Waals surface area contributed by atoms with Crippen molar-refractivity contribution in [2.24, 2.45) is 0 Å². The van der Waals surface area contributed by atoms with E-state index in [4.69, 9.17) is 4.74 Å². The summed E-state index contributed by atoms with van der Waals surface area (Å²) >= 11 is 0. The third-order valence-electron chi connectivity index (χ3n) is 7.43. The first-order valence-corrected chi connectivity index (χ1v) is 12.9. The molecule has 2 aromatic heterocycles. The van der Waals surface area contributed by atoms with Crippen LogP contribution >= 0.6 is 0 Å². The highest BCUT2D eigenvalue weighted by atomic mass is 16.6. The molecule has 1 atom stereocenters. The second kappa shape index (κ2) is 9.98. The second-order valence-electron chi connectivity index (χ2n) is 9.89. The van der Waals surface area contributed by atoms with E-state index in [1.165, 1.54) is 4.63 Å². The number of aliphatic hydroxyl groups is 2. The Morgan fingerprint density at radius 2 is 1.54 bits per heavy atom. The number of hydrogen-bond acceptors (Lipinski definition) is 6. The van der Waals surface area contributed by atoms with Crippen molar-refractivity contribution in [3.05, 3.63) is 108 Å². The summed E-state index contributed by atoms with van der Waals surface area (Å²) in [5.74, 6) is 0. The van der Waals surface area contributed by atoms with E-state index in [0.29, 0.717) is 16.9 Å². The zero-order chi connectivity index (χ0) is 27.0. The summed E-state index contributed by atoms with van der Waals surface area (Å²) in [6, 6.07) is 29.0. The molecule has 1 aliphatic carbocycles. The van der Waals surface area contributed by atoms with Gasteiger partial charge in [0.25, 0.3) is 0 Å². The Morgan fingerprint density at radius 1 is 0.897 bits per heavy atom. The number of carbonyl (C=O) groups excluding carboxylic acids is 1. The van der Waals surface area contributed by atoms with Crippen molar-refractivity contribution in [3.63, 3.8) is 0 Å². The van der Waals surface area contributed by atoms with Gasteiger partial charge in [-0.25, -0.2) is 4.79 Å². The molecule has 1 aliphatic rings. The molecule has 1 saturated carbocycles. The number of amides is 1. The molecule has 0 aliphatic heterocycles. The molecule has 0 saturated heterocycles. The van der Waals surface area contributed by atoms with Crippen molar-refractivity contribution >= 4 is 17.3 Å². The minimum absolute atomic E-state index is 0.421. The van der Waals surface area contributed by atoms with Crippen LogP contribution in [0.4, 0.5) is 10.5 Å². The lowest BCUT2D eigenvalue weighted by molar-refractivity contribution is -0.0694. The van der Waals surface area contributed by atoms with Crippen LogP contribution in [0.3, 0.4) is 0 Å². The summed E-state index contributed by atoms with van der Waals surface area (Å²) in [7, 11) is 0. The molecule has 0 radical (unpaired) electrons. The molecule has 0 bridgehead atoms. The number of aromatic nitrogens is 3. The number of nitrogens with one attached hydrogen (secondary N) is 1. The van der Waals surface area contributed by atoms with Crippen LogP contribution in [0.15, 0.2) is 97.2 Å². The molecule has 8 nitrogen and oxygen atoms in total. The van der Waals surface area contributed by atoms with Crippen molar-refractivity contribution < 1.29 is 19.7 Å². The van der Waals surface area contributed by atoms with Crippen LogP contribution < -0.4 is 5.32 Å². The van der Waals surface area contributed by atoms with Gasteiger partial charge in [-0.05, 0) is 54.2 Å². The largest absolute Gasteiger partial charge is 0.441 e. The SMILES string of the molecule is CC(OC(=O)Nc1c(-c2ccc(-c3ccc(C4(C(O)O)CC4)cc3)cc2)nn2ncccc12)c1ccccc1. The average Bonchev–Trinajstić information content (AvgIpc) is 3.71. The summed E-state index contributed by atoms with van der Waals surface area (Å²) < 4.78 is 7.13. The molecule has 5 aromatic rings. The maximum absolute atomic E-state index is 12.9. The molecule has 1 fully saturated rings. The van der Waals surface area contributed by atoms with Crippen molar-refractivity contribution in [1.82, 2.24) is 14.8 Å². The van der Waals surface area contributed by atoms with Gasteiger partial charge in [0.15, 0.2) is 6.29 Å². The quantitative estimate of drug-likeness (QED) is 0.237. The second-order valence-corrected chi connectivity index (χ2v) is 9.89. The highest BCUT2D eigenvalue weighted by molar-refractivity contribution is 5.97. The van der Waals surface area contributed by atoms with Gasteiger partial charge in [-0.2, -0.15) is 5.10 Å². The van der Waals surface area contributed by atoms with Gasteiger partial charge >= 0.3 is 6.09 Å². The van der Waals surface area contributed by atoms with Crippen LogP contribution in [-0.4, -0.2) is 37.4 Å². The van der Waals surface area contributed by atoms with E-state index in [1.807, 2.05) is 91.9 Å². The lowest BCUT2D eigenvalue weighted by atomic mass is 9.93. The lowest BCUT2D eigenvalue weighted by Gasteiger charge is -2.18. The zero-order valence-corrected chi connectivity index (χ0v) is 21.4. The smallest absolute Gasteiger partial charge is 0.412 e. The van der Waals surface area contributed by atoms with Crippen molar-refractivity contribution in [2.45, 2.75) is 37.6 Å². The maximum atomic E-state index is 12.9. The zero-order valence-electron chi connectivity index (χ0n) is 21.4. The van der Waals surface area contributed by atoms with Crippen LogP contribution in [-0.2, 0) is 10.2 Å². The Bertz CT molecular complexity index is 1610. The van der Waals surface area contributed by atoms with Gasteiger partial charge in [0, 0.05) is 17.2 Å². The van der Waals surface area contributed by atoms with Gasteiger partial charge in [0.2, 0.25) is 0 Å². The topological polar surface area (TPSA) is 109 Å². The summed E-state index contributed by atoms with van der Waals surface area (Å²) in [4.78, 5) is 12.9. The number of ether oxygens (including phenoxy) is 1. The molecule has 0 spiro atoms. The predicted molar refractivity (Wildman–Crippen MR) is 148 cm³/mol. The van der Waals surface area contributed by atoms with Crippen LogP contribution in [0.5, 0.6) is 0 Å². The summed E-state index contributed by atoms with van der Waals surface area (Å²) in [6.07, 6.45) is 0.852. The molecule has 3 N–H and O–H groups in total. The summed E-state index contributed by atoms with van der Waals surface area (Å²) in [5.41, 5.74) is 5.90. The minimum Gasteiger partial charge on any atom is -0.441 e. The normalized spacial score (nSPS) is 14.8. The molecular formula is C31H28N4O4. The Hall–Kier alpha value is -4.53. The molecule has 8 heteroatoms. The number of aliphatic hydroxyl groups excluding tert-OH is 1. The Balaban J connectivity index is 1.25. The summed E-state index contributed by atoms with van der Waals surface area (Å²) in [6.45, 7) is 1.83. The van der Waals surface area contributed by atoms with E-state index >= 15 is 0 Å². The van der Waals surface area contributed by atoms with E-state index in [0.717, 1.165) is 40.7 Å². The average molecular weight is 521 g/mol. The molecule has 6 rings (SSSR count). The standard InChI is InChI=1S/C31H28N4O4/c1-20(21-6-3-2-4-7-21)39-30(38)33-28-26-8-5-19-32-35(26)34-27(28)24-11-9-22(10-12-24)23-13-15-25(16-14-23)31(17-18-31)29(36)37/h2-16,19-20,29,36-37H,17-18H2,1H3,(H,33,38). The molecule has 39 heavy (non-hydrogen) atoms. The van der Waals surface area contributed by atoms with Crippen LogP contribution in [0.25, 0.3) is 27.9 Å². The molecular weight excluding hydrogens is 492 g/mol.